The van der Waals surface area contributed by atoms with E-state index in [4.69, 9.17) is 5.11 Å². The molecule has 15 heavy (non-hydrogen) atoms. The molecule has 1 aromatic carbocycles. The van der Waals surface area contributed by atoms with Crippen LogP contribution in [0.15, 0.2) is 23.1 Å². The van der Waals surface area contributed by atoms with E-state index in [-0.39, 0.29) is 11.9 Å². The molecule has 0 aliphatic carbocycles. The molecule has 0 saturated carbocycles. The number of aliphatic hydroxyl groups excluding tert-OH is 2. The largest absolute Gasteiger partial charge is 0.395 e. The van der Waals surface area contributed by atoms with Gasteiger partial charge in [0.1, 0.15) is 5.82 Å². The molecule has 1 aromatic rings. The molecular formula is C11H15FO2S. The Balaban J connectivity index is 3.00. The van der Waals surface area contributed by atoms with Crippen molar-refractivity contribution in [1.82, 2.24) is 0 Å². The predicted octanol–water partition coefficient (Wildman–Crippen LogP) is 2.35. The summed E-state index contributed by atoms with van der Waals surface area (Å²) in [5.41, 5.74) is 0.308. The molecule has 84 valence electrons. The maximum Gasteiger partial charge on any atom is 0.130 e. The zero-order valence-corrected chi connectivity index (χ0v) is 9.59. The maximum absolute atomic E-state index is 13.4. The Hall–Kier alpha value is -0.580. The summed E-state index contributed by atoms with van der Waals surface area (Å²) in [4.78, 5) is 0.687. The first kappa shape index (κ1) is 12.5. The molecule has 0 heterocycles. The molecule has 4 heteroatoms. The number of hydrogen-bond donors (Lipinski definition) is 2. The van der Waals surface area contributed by atoms with Crippen LogP contribution in [0.3, 0.4) is 0 Å². The second kappa shape index (κ2) is 5.49. The Labute approximate surface area is 93.1 Å². The van der Waals surface area contributed by atoms with Crippen LogP contribution in [0.4, 0.5) is 4.39 Å². The van der Waals surface area contributed by atoms with Crippen LogP contribution in [0.25, 0.3) is 0 Å². The third-order valence-corrected chi connectivity index (χ3v) is 3.18. The van der Waals surface area contributed by atoms with Gasteiger partial charge < -0.3 is 10.2 Å². The Morgan fingerprint density at radius 3 is 2.60 bits per heavy atom. The fraction of sp³-hybridized carbons (Fsp3) is 0.455. The van der Waals surface area contributed by atoms with E-state index < -0.39 is 11.9 Å². The first-order valence-electron chi connectivity index (χ1n) is 4.80. The predicted molar refractivity (Wildman–Crippen MR) is 59.4 cm³/mol. The summed E-state index contributed by atoms with van der Waals surface area (Å²) in [5, 5.41) is 18.4. The van der Waals surface area contributed by atoms with E-state index in [0.717, 1.165) is 0 Å². The van der Waals surface area contributed by atoms with E-state index in [1.54, 1.807) is 12.1 Å². The zero-order chi connectivity index (χ0) is 11.4. The lowest BCUT2D eigenvalue weighted by Crippen LogP contribution is -2.05. The summed E-state index contributed by atoms with van der Waals surface area (Å²) in [6, 6.07) is 4.69. The average Bonchev–Trinajstić information content (AvgIpc) is 2.17. The van der Waals surface area contributed by atoms with Crippen LogP contribution in [0, 0.1) is 5.82 Å². The van der Waals surface area contributed by atoms with Gasteiger partial charge >= 0.3 is 0 Å². The first-order chi connectivity index (χ1) is 7.06. The number of thioether (sulfide) groups is 1. The highest BCUT2D eigenvalue weighted by Crippen LogP contribution is 2.32. The molecule has 0 fully saturated rings. The monoisotopic (exact) mass is 230 g/mol. The smallest absolute Gasteiger partial charge is 0.130 e. The summed E-state index contributed by atoms with van der Waals surface area (Å²) >= 11 is 1.36. The number of aliphatic hydroxyl groups is 2. The van der Waals surface area contributed by atoms with Crippen LogP contribution in [0.5, 0.6) is 0 Å². The van der Waals surface area contributed by atoms with Crippen LogP contribution >= 0.6 is 11.8 Å². The Morgan fingerprint density at radius 2 is 2.07 bits per heavy atom. The summed E-state index contributed by atoms with van der Waals surface area (Å²) in [6.07, 6.45) is -0.834. The lowest BCUT2D eigenvalue weighted by Gasteiger charge is -2.14. The van der Waals surface area contributed by atoms with Crippen molar-refractivity contribution in [2.24, 2.45) is 0 Å². The maximum atomic E-state index is 13.4. The Bertz CT molecular complexity index is 328. The molecule has 0 bridgehead atoms. The zero-order valence-electron chi connectivity index (χ0n) is 8.77. The van der Waals surface area contributed by atoms with Gasteiger partial charge in [0.05, 0.1) is 12.7 Å². The van der Waals surface area contributed by atoms with Gasteiger partial charge in [-0.25, -0.2) is 4.39 Å². The number of rotatable bonds is 4. The molecule has 0 aliphatic rings. The number of hydrogen-bond acceptors (Lipinski definition) is 3. The van der Waals surface area contributed by atoms with Gasteiger partial charge in [-0.2, -0.15) is 0 Å². The van der Waals surface area contributed by atoms with Crippen molar-refractivity contribution >= 4 is 11.8 Å². The molecule has 2 atom stereocenters. The Kier molecular flexibility index (Phi) is 4.57. The second-order valence-corrected chi connectivity index (χ2v) is 4.92. The summed E-state index contributed by atoms with van der Waals surface area (Å²) in [5.74, 6) is -0.403. The van der Waals surface area contributed by atoms with Crippen molar-refractivity contribution in [3.63, 3.8) is 0 Å². The van der Waals surface area contributed by atoms with Gasteiger partial charge in [0.25, 0.3) is 0 Å². The number of halogens is 1. The van der Waals surface area contributed by atoms with E-state index in [0.29, 0.717) is 10.5 Å². The molecule has 2 N–H and O–H groups in total. The normalized spacial score (nSPS) is 15.0. The SMILES string of the molecule is CC(CO)Sc1cccc(F)c1[C@@H](C)O. The van der Waals surface area contributed by atoms with Gasteiger partial charge in [0.15, 0.2) is 0 Å². The molecule has 0 aromatic heterocycles. The van der Waals surface area contributed by atoms with E-state index in [9.17, 15) is 9.50 Å². The quantitative estimate of drug-likeness (QED) is 0.780. The molecule has 0 amide bonds. The molecular weight excluding hydrogens is 215 g/mol. The van der Waals surface area contributed by atoms with Crippen molar-refractivity contribution < 1.29 is 14.6 Å². The van der Waals surface area contributed by atoms with Crippen molar-refractivity contribution in [2.75, 3.05) is 6.61 Å². The second-order valence-electron chi connectivity index (χ2n) is 3.44. The van der Waals surface area contributed by atoms with Gasteiger partial charge in [-0.1, -0.05) is 13.0 Å². The summed E-state index contributed by atoms with van der Waals surface area (Å²) < 4.78 is 13.4. The minimum atomic E-state index is -0.834. The molecule has 0 radical (unpaired) electrons. The summed E-state index contributed by atoms with van der Waals surface area (Å²) in [7, 11) is 0. The van der Waals surface area contributed by atoms with Crippen LogP contribution in [0.1, 0.15) is 25.5 Å². The van der Waals surface area contributed by atoms with Crippen LogP contribution in [-0.4, -0.2) is 22.1 Å². The Morgan fingerprint density at radius 1 is 1.40 bits per heavy atom. The van der Waals surface area contributed by atoms with Crippen molar-refractivity contribution in [3.8, 4) is 0 Å². The lowest BCUT2D eigenvalue weighted by atomic mass is 10.1. The molecule has 0 spiro atoms. The summed E-state index contributed by atoms with van der Waals surface area (Å²) in [6.45, 7) is 3.41. The first-order valence-corrected chi connectivity index (χ1v) is 5.68. The standard InChI is InChI=1S/C11H15FO2S/c1-7(6-13)15-10-5-3-4-9(12)11(10)8(2)14/h3-5,7-8,13-14H,6H2,1-2H3/t7?,8-/m1/s1. The fourth-order valence-electron chi connectivity index (χ4n) is 1.28. The molecule has 2 nitrogen and oxygen atoms in total. The van der Waals surface area contributed by atoms with Crippen molar-refractivity contribution in [1.29, 1.82) is 0 Å². The average molecular weight is 230 g/mol. The van der Waals surface area contributed by atoms with Gasteiger partial charge in [0, 0.05) is 15.7 Å². The minimum Gasteiger partial charge on any atom is -0.395 e. The van der Waals surface area contributed by atoms with Crippen molar-refractivity contribution in [2.45, 2.75) is 30.1 Å². The van der Waals surface area contributed by atoms with E-state index in [2.05, 4.69) is 0 Å². The molecule has 0 saturated heterocycles. The minimum absolute atomic E-state index is 0.00991. The van der Waals surface area contributed by atoms with Crippen LogP contribution in [-0.2, 0) is 0 Å². The van der Waals surface area contributed by atoms with Gasteiger partial charge in [-0.15, -0.1) is 11.8 Å². The molecule has 1 rings (SSSR count). The highest BCUT2D eigenvalue weighted by atomic mass is 32.2. The van der Waals surface area contributed by atoms with E-state index in [1.165, 1.54) is 24.8 Å². The third kappa shape index (κ3) is 3.19. The highest BCUT2D eigenvalue weighted by molar-refractivity contribution is 8.00. The fourth-order valence-corrected chi connectivity index (χ4v) is 2.34. The van der Waals surface area contributed by atoms with Crippen LogP contribution < -0.4 is 0 Å². The topological polar surface area (TPSA) is 40.5 Å². The van der Waals surface area contributed by atoms with Crippen LogP contribution in [0.2, 0.25) is 0 Å². The lowest BCUT2D eigenvalue weighted by molar-refractivity contribution is 0.191. The third-order valence-electron chi connectivity index (χ3n) is 2.02. The van der Waals surface area contributed by atoms with Gasteiger partial charge in [-0.05, 0) is 19.1 Å². The van der Waals surface area contributed by atoms with Gasteiger partial charge in [-0.3, -0.25) is 0 Å². The van der Waals surface area contributed by atoms with Crippen molar-refractivity contribution in [3.05, 3.63) is 29.6 Å². The number of benzene rings is 1. The van der Waals surface area contributed by atoms with Gasteiger partial charge in [0.2, 0.25) is 0 Å². The molecule has 0 aliphatic heterocycles. The molecule has 1 unspecified atom stereocenters. The van der Waals surface area contributed by atoms with E-state index in [1.807, 2.05) is 6.92 Å². The highest BCUT2D eigenvalue weighted by Gasteiger charge is 2.15. The van der Waals surface area contributed by atoms with E-state index >= 15 is 0 Å².